The van der Waals surface area contributed by atoms with E-state index in [1.54, 1.807) is 27.4 Å². The normalized spacial score (nSPS) is 10.2. The average molecular weight is 331 g/mol. The van der Waals surface area contributed by atoms with Crippen LogP contribution in [0.25, 0.3) is 10.6 Å². The summed E-state index contributed by atoms with van der Waals surface area (Å²) >= 11 is 4.51. The lowest BCUT2D eigenvalue weighted by atomic mass is 10.2. The van der Waals surface area contributed by atoms with Gasteiger partial charge in [0, 0.05) is 6.07 Å². The second-order valence-electron chi connectivity index (χ2n) is 3.28. The molecule has 1 heterocycles. The van der Waals surface area contributed by atoms with Gasteiger partial charge >= 0.3 is 0 Å². The first-order valence-corrected chi connectivity index (χ1v) is 6.55. The molecule has 0 N–H and O–H groups in total. The second-order valence-corrected chi connectivity index (χ2v) is 4.74. The van der Waals surface area contributed by atoms with Gasteiger partial charge in [0.2, 0.25) is 4.73 Å². The summed E-state index contributed by atoms with van der Waals surface area (Å²) in [5, 5.41) is 0.750. The van der Waals surface area contributed by atoms with Crippen LogP contribution in [-0.2, 0) is 0 Å². The topological polar surface area (TPSA) is 53.5 Å². The Kier molecular flexibility index (Phi) is 4.03. The molecule has 18 heavy (non-hydrogen) atoms. The Labute approximate surface area is 117 Å². The Bertz CT molecular complexity index is 559. The van der Waals surface area contributed by atoms with Crippen molar-refractivity contribution in [3.05, 3.63) is 16.9 Å². The lowest BCUT2D eigenvalue weighted by Gasteiger charge is -2.12. The van der Waals surface area contributed by atoms with Crippen molar-refractivity contribution in [2.24, 2.45) is 0 Å². The zero-order valence-electron chi connectivity index (χ0n) is 10.1. The van der Waals surface area contributed by atoms with E-state index >= 15 is 0 Å². The van der Waals surface area contributed by atoms with Gasteiger partial charge < -0.3 is 14.2 Å². The Morgan fingerprint density at radius 2 is 1.61 bits per heavy atom. The molecule has 0 bridgehead atoms. The summed E-state index contributed by atoms with van der Waals surface area (Å²) in [6.45, 7) is 0. The van der Waals surface area contributed by atoms with E-state index in [9.17, 15) is 0 Å². The minimum Gasteiger partial charge on any atom is -0.496 e. The number of aromatic nitrogens is 2. The van der Waals surface area contributed by atoms with Gasteiger partial charge in [0.05, 0.1) is 26.9 Å². The maximum atomic E-state index is 5.34. The SMILES string of the molecule is COc1cc(OC)c(-c2nc(Br)ns2)cc1OC. The molecule has 0 spiro atoms. The Morgan fingerprint density at radius 3 is 2.11 bits per heavy atom. The number of methoxy groups -OCH3 is 3. The first-order valence-electron chi connectivity index (χ1n) is 4.99. The lowest BCUT2D eigenvalue weighted by molar-refractivity contribution is 0.349. The Morgan fingerprint density at radius 1 is 1.00 bits per heavy atom. The van der Waals surface area contributed by atoms with Gasteiger partial charge in [-0.1, -0.05) is 0 Å². The summed E-state index contributed by atoms with van der Waals surface area (Å²) in [5.74, 6) is 1.90. The summed E-state index contributed by atoms with van der Waals surface area (Å²) in [7, 11) is 4.77. The second kappa shape index (κ2) is 5.53. The van der Waals surface area contributed by atoms with Crippen LogP contribution in [-0.4, -0.2) is 30.7 Å². The highest BCUT2D eigenvalue weighted by atomic mass is 79.9. The Balaban J connectivity index is 2.58. The molecule has 1 aromatic heterocycles. The van der Waals surface area contributed by atoms with Crippen LogP contribution in [0.4, 0.5) is 0 Å². The van der Waals surface area contributed by atoms with E-state index in [0.29, 0.717) is 22.0 Å². The van der Waals surface area contributed by atoms with Crippen LogP contribution in [0.2, 0.25) is 0 Å². The van der Waals surface area contributed by atoms with Gasteiger partial charge in [-0.15, -0.1) is 0 Å². The molecule has 7 heteroatoms. The zero-order valence-corrected chi connectivity index (χ0v) is 12.5. The maximum absolute atomic E-state index is 5.34. The van der Waals surface area contributed by atoms with Gasteiger partial charge in [0.25, 0.3) is 0 Å². The molecule has 0 fully saturated rings. The quantitative estimate of drug-likeness (QED) is 0.862. The zero-order chi connectivity index (χ0) is 13.1. The molecule has 0 unspecified atom stereocenters. The predicted molar refractivity (Wildman–Crippen MR) is 72.7 cm³/mol. The van der Waals surface area contributed by atoms with Crippen molar-refractivity contribution in [1.29, 1.82) is 0 Å². The fraction of sp³-hybridized carbons (Fsp3) is 0.273. The van der Waals surface area contributed by atoms with Crippen molar-refractivity contribution >= 4 is 27.5 Å². The van der Waals surface area contributed by atoms with Gasteiger partial charge in [-0.2, -0.15) is 4.37 Å². The molecule has 0 radical (unpaired) electrons. The van der Waals surface area contributed by atoms with E-state index in [2.05, 4.69) is 25.3 Å². The van der Waals surface area contributed by atoms with Crippen LogP contribution in [0.3, 0.4) is 0 Å². The number of nitrogens with zero attached hydrogens (tertiary/aromatic N) is 2. The molecule has 1 aromatic carbocycles. The summed E-state index contributed by atoms with van der Waals surface area (Å²) in [4.78, 5) is 4.27. The van der Waals surface area contributed by atoms with E-state index in [1.807, 2.05) is 6.07 Å². The molecule has 96 valence electrons. The van der Waals surface area contributed by atoms with Crippen LogP contribution in [0.1, 0.15) is 0 Å². The van der Waals surface area contributed by atoms with Crippen LogP contribution in [0.5, 0.6) is 17.2 Å². The molecule has 0 aliphatic rings. The molecule has 0 atom stereocenters. The number of hydrogen-bond acceptors (Lipinski definition) is 6. The van der Waals surface area contributed by atoms with Crippen molar-refractivity contribution in [2.75, 3.05) is 21.3 Å². The van der Waals surface area contributed by atoms with E-state index in [-0.39, 0.29) is 0 Å². The predicted octanol–water partition coefficient (Wildman–Crippen LogP) is 2.99. The van der Waals surface area contributed by atoms with E-state index in [4.69, 9.17) is 14.2 Å². The van der Waals surface area contributed by atoms with Crippen molar-refractivity contribution in [1.82, 2.24) is 9.36 Å². The first-order chi connectivity index (χ1) is 8.69. The van der Waals surface area contributed by atoms with Gasteiger partial charge in [0.1, 0.15) is 10.8 Å². The Hall–Kier alpha value is -1.34. The highest BCUT2D eigenvalue weighted by Gasteiger charge is 2.16. The molecular formula is C11H11BrN2O3S. The molecule has 0 amide bonds. The summed E-state index contributed by atoms with van der Waals surface area (Å²) in [6, 6.07) is 3.59. The van der Waals surface area contributed by atoms with Crippen molar-refractivity contribution in [3.8, 4) is 27.8 Å². The fourth-order valence-corrected chi connectivity index (χ4v) is 2.61. The van der Waals surface area contributed by atoms with Crippen molar-refractivity contribution in [2.45, 2.75) is 0 Å². The number of benzene rings is 1. The highest BCUT2D eigenvalue weighted by molar-refractivity contribution is 9.10. The third kappa shape index (κ3) is 2.41. The van der Waals surface area contributed by atoms with Crippen LogP contribution >= 0.6 is 27.5 Å². The summed E-state index contributed by atoms with van der Waals surface area (Å²) in [5.41, 5.74) is 0.818. The number of hydrogen-bond donors (Lipinski definition) is 0. The molecule has 0 aliphatic heterocycles. The van der Waals surface area contributed by atoms with Crippen LogP contribution in [0, 0.1) is 0 Å². The number of ether oxygens (including phenoxy) is 3. The molecule has 2 rings (SSSR count). The van der Waals surface area contributed by atoms with E-state index in [1.165, 1.54) is 11.5 Å². The van der Waals surface area contributed by atoms with Crippen LogP contribution in [0.15, 0.2) is 16.9 Å². The smallest absolute Gasteiger partial charge is 0.209 e. The van der Waals surface area contributed by atoms with Crippen LogP contribution < -0.4 is 14.2 Å². The lowest BCUT2D eigenvalue weighted by Crippen LogP contribution is -1.94. The molecule has 0 saturated heterocycles. The fourth-order valence-electron chi connectivity index (χ4n) is 1.51. The maximum Gasteiger partial charge on any atom is 0.209 e. The van der Waals surface area contributed by atoms with Gasteiger partial charge in [-0.25, -0.2) is 4.98 Å². The van der Waals surface area contributed by atoms with Crippen molar-refractivity contribution in [3.63, 3.8) is 0 Å². The summed E-state index contributed by atoms with van der Waals surface area (Å²) < 4.78 is 20.5. The van der Waals surface area contributed by atoms with E-state index < -0.39 is 0 Å². The monoisotopic (exact) mass is 330 g/mol. The number of halogens is 1. The first kappa shape index (κ1) is 13.1. The largest absolute Gasteiger partial charge is 0.496 e. The molecule has 2 aromatic rings. The van der Waals surface area contributed by atoms with Gasteiger partial charge in [0.15, 0.2) is 11.5 Å². The molecular weight excluding hydrogens is 320 g/mol. The molecule has 0 saturated carbocycles. The van der Waals surface area contributed by atoms with Crippen molar-refractivity contribution < 1.29 is 14.2 Å². The van der Waals surface area contributed by atoms with E-state index in [0.717, 1.165) is 10.6 Å². The number of rotatable bonds is 4. The molecule has 0 aliphatic carbocycles. The third-order valence-corrected chi connectivity index (χ3v) is 3.68. The standard InChI is InChI=1S/C11H11BrN2O3S/c1-15-7-5-9(17-3)8(16-2)4-6(7)10-13-11(12)14-18-10/h4-5H,1-3H3. The van der Waals surface area contributed by atoms with Gasteiger partial charge in [-0.3, -0.25) is 0 Å². The molecule has 5 nitrogen and oxygen atoms in total. The summed E-state index contributed by atoms with van der Waals surface area (Å²) in [6.07, 6.45) is 0. The van der Waals surface area contributed by atoms with Gasteiger partial charge in [-0.05, 0) is 33.5 Å². The average Bonchev–Trinajstić information content (AvgIpc) is 2.83. The highest BCUT2D eigenvalue weighted by Crippen LogP contribution is 2.40. The third-order valence-electron chi connectivity index (χ3n) is 2.34. The minimum atomic E-state index is 0.555. The minimum absolute atomic E-state index is 0.555.